The first-order chi connectivity index (χ1) is 46.7. The fourth-order valence-electron chi connectivity index (χ4n) is 14.9. The molecular weight excluding hydrogens is 1300 g/mol. The number of benzene rings is 4. The molecule has 26 nitrogen and oxygen atoms in total. The number of ether oxygens (including phenoxy) is 7. The van der Waals surface area contributed by atoms with Crippen LogP contribution in [0.3, 0.4) is 0 Å². The summed E-state index contributed by atoms with van der Waals surface area (Å²) in [4.78, 5) is 154. The zero-order valence-corrected chi connectivity index (χ0v) is 56.7. The highest BCUT2D eigenvalue weighted by Crippen LogP contribution is 2.64. The Morgan fingerprint density at radius 3 is 1.99 bits per heavy atom. The number of nitrogens with one attached hydrogen (secondary N) is 4. The van der Waals surface area contributed by atoms with E-state index >= 15 is 9.59 Å². The van der Waals surface area contributed by atoms with E-state index in [0.717, 1.165) is 13.8 Å². The Morgan fingerprint density at radius 1 is 0.798 bits per heavy atom. The van der Waals surface area contributed by atoms with E-state index in [0.29, 0.717) is 11.1 Å². The lowest BCUT2D eigenvalue weighted by molar-refractivity contribution is -0.351. The van der Waals surface area contributed by atoms with Crippen molar-refractivity contribution in [1.29, 1.82) is 0 Å². The molecule has 4 aromatic carbocycles. The molecule has 526 valence electrons. The summed E-state index contributed by atoms with van der Waals surface area (Å²) in [6.45, 7) is 10.6. The summed E-state index contributed by atoms with van der Waals surface area (Å²) in [5, 5.41) is 46.0. The summed E-state index contributed by atoms with van der Waals surface area (Å²) in [6, 6.07) is 28.7. The van der Waals surface area contributed by atoms with Crippen LogP contribution in [0.4, 0.5) is 4.79 Å². The SMILES string of the molecule is CC(=O)O[C@H]1C(=O)[C@@]2(C)[C@H]([C@H](OCc3ccccc3)[C@]3(O)C[C@H](OC(=O)[C@@H](OC(=O)C(C)(C)NC(=O)C(C)NC(=O)OCC4=C(C(=O)O)C5C(=O)[C@@H](NC(=O)Cc6ccccc6)C5S(=O)C4)[C@H](NC(=O)c4ccccc4)c4ccccc4)C(C)=C1C3(C)C)[C@]1(OC(C)=O)CO[C@@H]1C[C@@H]2O. The van der Waals surface area contributed by atoms with Crippen molar-refractivity contribution in [3.05, 3.63) is 166 Å². The number of fused-ring (bicyclic) bond motifs is 6. The third kappa shape index (κ3) is 13.9. The third-order valence-corrected chi connectivity index (χ3v) is 21.9. The van der Waals surface area contributed by atoms with Crippen LogP contribution in [0.25, 0.3) is 0 Å². The molecule has 16 atom stereocenters. The summed E-state index contributed by atoms with van der Waals surface area (Å²) >= 11 is 0. The molecule has 2 aliphatic heterocycles. The van der Waals surface area contributed by atoms with Gasteiger partial charge in [-0.25, -0.2) is 19.2 Å². The fraction of sp³-hybridized carbons (Fsp3) is 0.458. The molecule has 3 saturated carbocycles. The molecule has 4 unspecified atom stereocenters. The van der Waals surface area contributed by atoms with Gasteiger partial charge in [0, 0.05) is 60.1 Å². The second kappa shape index (κ2) is 28.5. The molecule has 0 radical (unpaired) electrons. The lowest BCUT2D eigenvalue weighted by Crippen LogP contribution is -2.81. The number of aliphatic carboxylic acids is 1. The van der Waals surface area contributed by atoms with Crippen LogP contribution in [0.15, 0.2) is 144 Å². The van der Waals surface area contributed by atoms with Gasteiger partial charge >= 0.3 is 35.9 Å². The van der Waals surface area contributed by atoms with Gasteiger partial charge in [0.05, 0.1) is 54.0 Å². The van der Waals surface area contributed by atoms with Crippen molar-refractivity contribution in [2.45, 2.75) is 165 Å². The minimum absolute atomic E-state index is 0.0453. The first kappa shape index (κ1) is 72.5. The minimum atomic E-state index is -2.38. The van der Waals surface area contributed by atoms with Gasteiger partial charge in [-0.15, -0.1) is 0 Å². The predicted molar refractivity (Wildman–Crippen MR) is 349 cm³/mol. The average molecular weight is 1390 g/mol. The Kier molecular flexibility index (Phi) is 20.9. The zero-order chi connectivity index (χ0) is 71.8. The quantitative estimate of drug-likeness (QED) is 0.0331. The number of carboxylic acids is 1. The molecule has 7 N–H and O–H groups in total. The number of carboxylic acid groups (broad SMARTS) is 1. The number of ketones is 2. The Hall–Kier alpha value is -9.28. The number of aliphatic hydroxyl groups excluding tert-OH is 1. The second-order valence-corrected chi connectivity index (χ2v) is 28.8. The topological polar surface area (TPSA) is 378 Å². The van der Waals surface area contributed by atoms with Crippen LogP contribution in [0.5, 0.6) is 0 Å². The predicted octanol–water partition coefficient (Wildman–Crippen LogP) is 4.09. The Balaban J connectivity index is 0.941. The monoisotopic (exact) mass is 1380 g/mol. The number of alkyl carbamates (subject to hydrolysis) is 1. The number of amides is 4. The summed E-state index contributed by atoms with van der Waals surface area (Å²) in [7, 11) is -1.91. The average Bonchev–Trinajstić information content (AvgIpc) is 0.659. The van der Waals surface area contributed by atoms with Crippen LogP contribution in [0.1, 0.15) is 108 Å². The maximum Gasteiger partial charge on any atom is 0.408 e. The third-order valence-electron chi connectivity index (χ3n) is 20.1. The van der Waals surface area contributed by atoms with E-state index in [1.807, 2.05) is 0 Å². The number of Topliss-reactive ketones (excluding diaryl/α,β-unsaturated/α-hetero) is 2. The van der Waals surface area contributed by atoms with Crippen LogP contribution < -0.4 is 21.3 Å². The first-order valence-corrected chi connectivity index (χ1v) is 33.7. The first-order valence-electron chi connectivity index (χ1n) is 32.3. The lowest BCUT2D eigenvalue weighted by atomic mass is 9.44. The van der Waals surface area contributed by atoms with Gasteiger partial charge < -0.3 is 69.7 Å². The molecule has 99 heavy (non-hydrogen) atoms. The zero-order valence-electron chi connectivity index (χ0n) is 55.9. The second-order valence-electron chi connectivity index (χ2n) is 27.2. The van der Waals surface area contributed by atoms with Crippen molar-refractivity contribution in [1.82, 2.24) is 21.3 Å². The largest absolute Gasteiger partial charge is 0.478 e. The van der Waals surface area contributed by atoms with Crippen molar-refractivity contribution in [3.63, 3.8) is 0 Å². The van der Waals surface area contributed by atoms with Crippen LogP contribution in [0, 0.1) is 22.7 Å². The van der Waals surface area contributed by atoms with E-state index < -0.39 is 200 Å². The van der Waals surface area contributed by atoms with Crippen LogP contribution in [-0.2, 0) is 100 Å². The molecule has 6 aliphatic rings. The number of rotatable bonds is 22. The van der Waals surface area contributed by atoms with Crippen molar-refractivity contribution in [2.75, 3.05) is 19.0 Å². The molecule has 4 aromatic rings. The molecule has 4 aliphatic carbocycles. The van der Waals surface area contributed by atoms with Crippen LogP contribution >= 0.6 is 0 Å². The number of aliphatic hydroxyl groups is 2. The van der Waals surface area contributed by atoms with Gasteiger partial charge in [-0.2, -0.15) is 0 Å². The maximum absolute atomic E-state index is 16.0. The van der Waals surface area contributed by atoms with Gasteiger partial charge in [-0.1, -0.05) is 123 Å². The molecule has 27 heteroatoms. The summed E-state index contributed by atoms with van der Waals surface area (Å²) < 4.78 is 56.8. The van der Waals surface area contributed by atoms with Gasteiger partial charge in [-0.05, 0) is 80.2 Å². The Bertz CT molecular complexity index is 3960. The molecule has 0 spiro atoms. The Labute approximate surface area is 572 Å². The molecule has 0 aromatic heterocycles. The smallest absolute Gasteiger partial charge is 0.408 e. The highest BCUT2D eigenvalue weighted by Gasteiger charge is 2.78. The number of esters is 4. The Morgan fingerprint density at radius 2 is 1.40 bits per heavy atom. The van der Waals surface area contributed by atoms with E-state index in [2.05, 4.69) is 21.3 Å². The van der Waals surface area contributed by atoms with E-state index in [9.17, 15) is 62.7 Å². The number of carbonyl (C=O) groups is 11. The van der Waals surface area contributed by atoms with Crippen molar-refractivity contribution >= 4 is 76.0 Å². The number of hydrogen-bond acceptors (Lipinski definition) is 21. The number of carbonyl (C=O) groups excluding carboxylic acids is 10. The molecule has 2 heterocycles. The highest BCUT2D eigenvalue weighted by molar-refractivity contribution is 7.86. The maximum atomic E-state index is 16.0. The van der Waals surface area contributed by atoms with Crippen LogP contribution in [-0.4, -0.2) is 174 Å². The van der Waals surface area contributed by atoms with Gasteiger partial charge in [0.25, 0.3) is 5.91 Å². The molecule has 10 rings (SSSR count). The van der Waals surface area contributed by atoms with Crippen LogP contribution in [0.2, 0.25) is 0 Å². The molecule has 4 fully saturated rings. The molecule has 2 bridgehead atoms. The van der Waals surface area contributed by atoms with Crippen molar-refractivity contribution in [3.8, 4) is 0 Å². The van der Waals surface area contributed by atoms with Crippen molar-refractivity contribution < 1.29 is 105 Å². The summed E-state index contributed by atoms with van der Waals surface area (Å²) in [5.41, 5.74) is -9.01. The molecule has 4 amide bonds. The standard InChI is InChI=1S/C72H80N4O22S/c1-37-46(32-72(90)61(92-33-42-24-16-11-17-25-42)59-70(9,47(79)31-48-71(59,36-94-48)98-40(4)78)60(82)56(95-39(3)77)52(37)68(72,5)6)96-65(87)57(53(43-26-18-12-19-27-43)75-63(84)44-28-20-13-21-29-44)97-66(88)69(7,8)76-62(83)38(2)73-67(89)93-34-45-35-99(91)58-51(50(45)64(85)86)55(81)54(58)74-49(80)30-41-22-14-10-15-23-41/h10-29,38,46-48,51,53-54,56-59,61,79,90H,30-36H2,1-9H3,(H,73,89)(H,74,80)(H,75,84)(H,76,83)(H,85,86)/t38?,46-,47-,48+,51?,53+,54+,56+,57-,58?,59-,61-,70+,71-,72+,99?/m0/s1. The molecule has 1 saturated heterocycles. The number of hydrogen-bond donors (Lipinski definition) is 7. The minimum Gasteiger partial charge on any atom is -0.478 e. The normalized spacial score (nSPS) is 29.0. The van der Waals surface area contributed by atoms with Gasteiger partial charge in [0.1, 0.15) is 48.1 Å². The van der Waals surface area contributed by atoms with Gasteiger partial charge in [0.15, 0.2) is 23.3 Å². The van der Waals surface area contributed by atoms with E-state index in [1.165, 1.54) is 58.9 Å². The summed E-state index contributed by atoms with van der Waals surface area (Å²) in [5.74, 6) is -13.1. The lowest BCUT2D eigenvalue weighted by Gasteiger charge is -2.67. The summed E-state index contributed by atoms with van der Waals surface area (Å²) in [6.07, 6.45) is -12.2. The van der Waals surface area contributed by atoms with Gasteiger partial charge in [-0.3, -0.25) is 37.8 Å². The fourth-order valence-corrected chi connectivity index (χ4v) is 16.7. The van der Waals surface area contributed by atoms with E-state index in [-0.39, 0.29) is 53.9 Å². The van der Waals surface area contributed by atoms with Crippen molar-refractivity contribution in [2.24, 2.45) is 22.7 Å². The van der Waals surface area contributed by atoms with Gasteiger partial charge in [0.2, 0.25) is 17.9 Å². The van der Waals surface area contributed by atoms with E-state index in [1.54, 1.807) is 111 Å². The van der Waals surface area contributed by atoms with E-state index in [4.69, 9.17) is 33.2 Å². The highest BCUT2D eigenvalue weighted by atomic mass is 32.2. The molecular formula is C72H80N4O22S.